The molecule has 28 heavy (non-hydrogen) atoms. The average Bonchev–Trinajstić information content (AvgIpc) is 3.11. The highest BCUT2D eigenvalue weighted by atomic mass is 16.2. The molecule has 0 saturated heterocycles. The summed E-state index contributed by atoms with van der Waals surface area (Å²) in [5.41, 5.74) is 4.13. The molecular formula is C22H20N4O2. The van der Waals surface area contributed by atoms with Gasteiger partial charge in [-0.25, -0.2) is 4.98 Å². The zero-order valence-electron chi connectivity index (χ0n) is 15.4. The van der Waals surface area contributed by atoms with Crippen LogP contribution in [0.2, 0.25) is 0 Å². The lowest BCUT2D eigenvalue weighted by Gasteiger charge is -2.27. The topological polar surface area (TPSA) is 71.0 Å². The van der Waals surface area contributed by atoms with Crippen molar-refractivity contribution in [2.45, 2.75) is 25.9 Å². The van der Waals surface area contributed by atoms with Gasteiger partial charge in [-0.3, -0.25) is 14.2 Å². The van der Waals surface area contributed by atoms with Gasteiger partial charge in [0.25, 0.3) is 5.56 Å². The summed E-state index contributed by atoms with van der Waals surface area (Å²) >= 11 is 0. The fourth-order valence-electron chi connectivity index (χ4n) is 4.02. The van der Waals surface area contributed by atoms with Crippen LogP contribution in [-0.2, 0) is 24.3 Å². The van der Waals surface area contributed by atoms with Crippen LogP contribution in [0, 0.1) is 0 Å². The number of H-pyrrole nitrogens is 1. The number of aryl methyl sites for hydroxylation is 1. The molecule has 1 N–H and O–H groups in total. The van der Waals surface area contributed by atoms with Crippen molar-refractivity contribution in [2.75, 3.05) is 6.54 Å². The molecule has 1 aliphatic rings. The van der Waals surface area contributed by atoms with Crippen LogP contribution in [0.15, 0.2) is 59.7 Å². The number of carbonyl (C=O) groups is 1. The molecule has 2 aromatic carbocycles. The van der Waals surface area contributed by atoms with E-state index in [0.717, 1.165) is 11.9 Å². The van der Waals surface area contributed by atoms with E-state index in [2.05, 4.69) is 22.1 Å². The quantitative estimate of drug-likeness (QED) is 0.601. The van der Waals surface area contributed by atoms with E-state index < -0.39 is 0 Å². The van der Waals surface area contributed by atoms with Gasteiger partial charge in [-0.15, -0.1) is 0 Å². The van der Waals surface area contributed by atoms with Crippen molar-refractivity contribution in [3.63, 3.8) is 0 Å². The van der Waals surface area contributed by atoms with Crippen molar-refractivity contribution in [1.82, 2.24) is 19.4 Å². The number of amides is 1. The molecular weight excluding hydrogens is 352 g/mol. The summed E-state index contributed by atoms with van der Waals surface area (Å²) in [6.45, 7) is 1.65. The lowest BCUT2D eigenvalue weighted by molar-refractivity contribution is -0.132. The lowest BCUT2D eigenvalue weighted by Crippen LogP contribution is -2.36. The molecule has 140 valence electrons. The number of aromatic amines is 1. The smallest absolute Gasteiger partial charge is 0.261 e. The van der Waals surface area contributed by atoms with Crippen LogP contribution in [-0.4, -0.2) is 31.9 Å². The van der Waals surface area contributed by atoms with Crippen molar-refractivity contribution in [1.29, 1.82) is 0 Å². The number of benzene rings is 2. The first kappa shape index (κ1) is 16.7. The highest BCUT2D eigenvalue weighted by Gasteiger charge is 2.23. The number of nitrogens with one attached hydrogen (secondary N) is 1. The van der Waals surface area contributed by atoms with Gasteiger partial charge in [0.05, 0.1) is 17.2 Å². The monoisotopic (exact) mass is 372 g/mol. The molecule has 4 aromatic rings. The van der Waals surface area contributed by atoms with Crippen LogP contribution in [0.3, 0.4) is 0 Å². The van der Waals surface area contributed by atoms with E-state index in [-0.39, 0.29) is 17.9 Å². The Balaban J connectivity index is 1.33. The minimum absolute atomic E-state index is 0.0657. The first-order chi connectivity index (χ1) is 13.7. The number of para-hydroxylation sites is 2. The van der Waals surface area contributed by atoms with Gasteiger partial charge < -0.3 is 9.88 Å². The molecule has 2 aromatic heterocycles. The van der Waals surface area contributed by atoms with Gasteiger partial charge in [-0.1, -0.05) is 30.3 Å². The molecule has 0 radical (unpaired) electrons. The van der Waals surface area contributed by atoms with E-state index >= 15 is 0 Å². The van der Waals surface area contributed by atoms with Gasteiger partial charge in [-0.05, 0) is 18.2 Å². The zero-order chi connectivity index (χ0) is 19.1. The third-order valence-corrected chi connectivity index (χ3v) is 5.53. The molecule has 0 unspecified atom stereocenters. The molecule has 0 fully saturated rings. The Morgan fingerprint density at radius 3 is 2.75 bits per heavy atom. The van der Waals surface area contributed by atoms with E-state index in [1.807, 2.05) is 35.2 Å². The summed E-state index contributed by atoms with van der Waals surface area (Å²) in [5, 5.41) is 1.77. The van der Waals surface area contributed by atoms with Crippen LogP contribution < -0.4 is 5.56 Å². The molecule has 6 heteroatoms. The summed E-state index contributed by atoms with van der Waals surface area (Å²) in [7, 11) is 0. The second kappa shape index (κ2) is 6.64. The van der Waals surface area contributed by atoms with Crippen molar-refractivity contribution in [2.24, 2.45) is 0 Å². The van der Waals surface area contributed by atoms with Crippen molar-refractivity contribution in [3.05, 3.63) is 76.5 Å². The normalized spacial score (nSPS) is 13.8. The summed E-state index contributed by atoms with van der Waals surface area (Å²) in [6, 6.07) is 15.5. The van der Waals surface area contributed by atoms with E-state index in [1.54, 1.807) is 6.07 Å². The molecule has 0 saturated carbocycles. The minimum atomic E-state index is -0.101. The highest BCUT2D eigenvalue weighted by Crippen LogP contribution is 2.27. The Kier molecular flexibility index (Phi) is 3.97. The molecule has 0 atom stereocenters. The largest absolute Gasteiger partial charge is 0.358 e. The SMILES string of the molecule is O=C(CCn1cnc2ccccc2c1=O)N1CCc2[nH]c3ccccc3c2C1. The van der Waals surface area contributed by atoms with Gasteiger partial charge in [-0.2, -0.15) is 0 Å². The Morgan fingerprint density at radius 1 is 1.07 bits per heavy atom. The molecule has 0 bridgehead atoms. The number of carbonyl (C=O) groups excluding carboxylic acids is 1. The van der Waals surface area contributed by atoms with Gasteiger partial charge in [0, 0.05) is 54.6 Å². The maximum Gasteiger partial charge on any atom is 0.261 e. The minimum Gasteiger partial charge on any atom is -0.358 e. The number of hydrogen-bond donors (Lipinski definition) is 1. The van der Waals surface area contributed by atoms with Crippen LogP contribution in [0.1, 0.15) is 17.7 Å². The molecule has 5 rings (SSSR count). The Morgan fingerprint density at radius 2 is 1.86 bits per heavy atom. The first-order valence-corrected chi connectivity index (χ1v) is 9.51. The Bertz CT molecular complexity index is 1250. The van der Waals surface area contributed by atoms with Crippen molar-refractivity contribution >= 4 is 27.7 Å². The summed E-state index contributed by atoms with van der Waals surface area (Å²) in [6.07, 6.45) is 2.65. The van der Waals surface area contributed by atoms with E-state index in [9.17, 15) is 9.59 Å². The summed E-state index contributed by atoms with van der Waals surface area (Å²) in [4.78, 5) is 35.1. The van der Waals surface area contributed by atoms with Gasteiger partial charge >= 0.3 is 0 Å². The predicted molar refractivity (Wildman–Crippen MR) is 108 cm³/mol. The van der Waals surface area contributed by atoms with E-state index in [0.29, 0.717) is 30.5 Å². The molecule has 0 aliphatic carbocycles. The zero-order valence-corrected chi connectivity index (χ0v) is 15.4. The third-order valence-electron chi connectivity index (χ3n) is 5.53. The van der Waals surface area contributed by atoms with Crippen LogP contribution in [0.25, 0.3) is 21.8 Å². The predicted octanol–water partition coefficient (Wildman–Crippen LogP) is 2.85. The van der Waals surface area contributed by atoms with Gasteiger partial charge in [0.2, 0.25) is 5.91 Å². The van der Waals surface area contributed by atoms with E-state index in [4.69, 9.17) is 0 Å². The maximum absolute atomic E-state index is 12.8. The van der Waals surface area contributed by atoms with Gasteiger partial charge in [0.1, 0.15) is 0 Å². The average molecular weight is 372 g/mol. The number of fused-ring (bicyclic) bond motifs is 4. The Labute approximate surface area is 161 Å². The standard InChI is InChI=1S/C22H20N4O2/c27-21(10-12-26-14-23-18-7-3-2-6-16(18)22(26)28)25-11-9-20-17(13-25)15-5-1-4-8-19(15)24-20/h1-8,14,24H,9-13H2. The van der Waals surface area contributed by atoms with Crippen LogP contribution >= 0.6 is 0 Å². The molecule has 6 nitrogen and oxygen atoms in total. The van der Waals surface area contributed by atoms with Crippen LogP contribution in [0.4, 0.5) is 0 Å². The third kappa shape index (κ3) is 2.78. The fraction of sp³-hybridized carbons (Fsp3) is 0.227. The second-order valence-corrected chi connectivity index (χ2v) is 7.20. The highest BCUT2D eigenvalue weighted by molar-refractivity contribution is 5.86. The number of rotatable bonds is 3. The molecule has 1 amide bonds. The number of nitrogens with zero attached hydrogens (tertiary/aromatic N) is 3. The molecule has 0 spiro atoms. The Hall–Kier alpha value is -3.41. The number of hydrogen-bond acceptors (Lipinski definition) is 3. The van der Waals surface area contributed by atoms with Crippen LogP contribution in [0.5, 0.6) is 0 Å². The van der Waals surface area contributed by atoms with E-state index in [1.165, 1.54) is 27.5 Å². The first-order valence-electron chi connectivity index (χ1n) is 9.51. The fourth-order valence-corrected chi connectivity index (χ4v) is 4.02. The molecule has 1 aliphatic heterocycles. The van der Waals surface area contributed by atoms with Gasteiger partial charge in [0.15, 0.2) is 0 Å². The number of aromatic nitrogens is 3. The lowest BCUT2D eigenvalue weighted by atomic mass is 10.0. The van der Waals surface area contributed by atoms with Crippen molar-refractivity contribution in [3.8, 4) is 0 Å². The summed E-state index contributed by atoms with van der Waals surface area (Å²) in [5.74, 6) is 0.0657. The second-order valence-electron chi connectivity index (χ2n) is 7.20. The summed E-state index contributed by atoms with van der Waals surface area (Å²) < 4.78 is 1.53. The maximum atomic E-state index is 12.8. The van der Waals surface area contributed by atoms with Crippen molar-refractivity contribution < 1.29 is 4.79 Å². The molecule has 3 heterocycles.